The lowest BCUT2D eigenvalue weighted by Gasteiger charge is -2.05. The molecule has 2 N–H and O–H groups in total. The van der Waals surface area contributed by atoms with Crippen LogP contribution in [0.25, 0.3) is 0 Å². The Morgan fingerprint density at radius 1 is 1.12 bits per heavy atom. The first kappa shape index (κ1) is 17.2. The van der Waals surface area contributed by atoms with Crippen LogP contribution in [-0.4, -0.2) is 25.1 Å². The van der Waals surface area contributed by atoms with Gasteiger partial charge in [-0.1, -0.05) is 31.2 Å². The highest BCUT2D eigenvalue weighted by atomic mass is 16.5. The van der Waals surface area contributed by atoms with Crippen molar-refractivity contribution in [2.75, 3.05) is 12.4 Å². The first-order valence-electron chi connectivity index (χ1n) is 7.49. The highest BCUT2D eigenvalue weighted by molar-refractivity contribution is 6.39. The molecule has 0 aliphatic heterocycles. The molecule has 0 saturated carbocycles. The number of nitrogens with one attached hydrogen (secondary N) is 2. The van der Waals surface area contributed by atoms with Crippen LogP contribution < -0.4 is 15.5 Å². The summed E-state index contributed by atoms with van der Waals surface area (Å²) in [7, 11) is 1.56. The highest BCUT2D eigenvalue weighted by Crippen LogP contribution is 2.11. The Labute approximate surface area is 140 Å². The van der Waals surface area contributed by atoms with E-state index in [4.69, 9.17) is 4.74 Å². The number of methoxy groups -OCH3 is 1. The smallest absolute Gasteiger partial charge is 0.329 e. The Hall–Kier alpha value is -3.15. The number of hydrogen-bond donors (Lipinski definition) is 2. The lowest BCUT2D eigenvalue weighted by atomic mass is 10.1. The van der Waals surface area contributed by atoms with Gasteiger partial charge in [0.1, 0.15) is 5.75 Å². The molecule has 24 heavy (non-hydrogen) atoms. The van der Waals surface area contributed by atoms with E-state index in [0.717, 1.165) is 17.5 Å². The Balaban J connectivity index is 1.88. The number of nitrogens with zero attached hydrogens (tertiary/aromatic N) is 1. The molecule has 0 aliphatic carbocycles. The first-order chi connectivity index (χ1) is 11.6. The van der Waals surface area contributed by atoms with Crippen LogP contribution in [-0.2, 0) is 16.0 Å². The third-order valence-electron chi connectivity index (χ3n) is 3.30. The van der Waals surface area contributed by atoms with Crippen LogP contribution in [0.1, 0.15) is 18.1 Å². The number of carbonyl (C=O) groups is 2. The molecule has 0 unspecified atom stereocenters. The van der Waals surface area contributed by atoms with Crippen molar-refractivity contribution >= 4 is 23.7 Å². The van der Waals surface area contributed by atoms with E-state index in [2.05, 4.69) is 15.8 Å². The SMILES string of the molecule is CCc1ccc(NC(=O)C(=O)N/N=C/c2cccc(OC)c2)cc1. The number of aryl methyl sites for hydroxylation is 1. The Bertz CT molecular complexity index is 739. The fourth-order valence-corrected chi connectivity index (χ4v) is 1.95. The molecule has 2 aromatic carbocycles. The Morgan fingerprint density at radius 2 is 1.88 bits per heavy atom. The van der Waals surface area contributed by atoms with Gasteiger partial charge in [0.05, 0.1) is 13.3 Å². The second kappa shape index (κ2) is 8.47. The van der Waals surface area contributed by atoms with Crippen molar-refractivity contribution in [1.29, 1.82) is 0 Å². The van der Waals surface area contributed by atoms with Crippen molar-refractivity contribution < 1.29 is 14.3 Å². The second-order valence-electron chi connectivity index (χ2n) is 4.98. The van der Waals surface area contributed by atoms with E-state index in [1.807, 2.05) is 19.1 Å². The van der Waals surface area contributed by atoms with Crippen LogP contribution in [0.15, 0.2) is 53.6 Å². The van der Waals surface area contributed by atoms with E-state index in [0.29, 0.717) is 11.4 Å². The van der Waals surface area contributed by atoms with Crippen LogP contribution in [0.3, 0.4) is 0 Å². The highest BCUT2D eigenvalue weighted by Gasteiger charge is 2.12. The van der Waals surface area contributed by atoms with Gasteiger partial charge in [-0.25, -0.2) is 5.43 Å². The Morgan fingerprint density at radius 3 is 2.54 bits per heavy atom. The van der Waals surface area contributed by atoms with Crippen LogP contribution in [0, 0.1) is 0 Å². The van der Waals surface area contributed by atoms with Gasteiger partial charge in [-0.15, -0.1) is 0 Å². The maximum Gasteiger partial charge on any atom is 0.329 e. The number of rotatable bonds is 5. The zero-order valence-electron chi connectivity index (χ0n) is 13.6. The molecule has 124 valence electrons. The summed E-state index contributed by atoms with van der Waals surface area (Å²) in [5.74, 6) is -0.936. The largest absolute Gasteiger partial charge is 0.497 e. The first-order valence-corrected chi connectivity index (χ1v) is 7.49. The van der Waals surface area contributed by atoms with Crippen molar-refractivity contribution in [1.82, 2.24) is 5.43 Å². The molecule has 0 fully saturated rings. The maximum absolute atomic E-state index is 11.8. The quantitative estimate of drug-likeness (QED) is 0.503. The van der Waals surface area contributed by atoms with E-state index in [1.54, 1.807) is 43.5 Å². The number of benzene rings is 2. The number of anilines is 1. The third-order valence-corrected chi connectivity index (χ3v) is 3.30. The molecule has 0 aromatic heterocycles. The molecule has 0 heterocycles. The average Bonchev–Trinajstić information content (AvgIpc) is 2.62. The number of amides is 2. The van der Waals surface area contributed by atoms with Crippen molar-refractivity contribution in [2.45, 2.75) is 13.3 Å². The standard InChI is InChI=1S/C18H19N3O3/c1-3-13-7-9-15(10-8-13)20-17(22)18(23)21-19-12-14-5-4-6-16(11-14)24-2/h4-12H,3H2,1-2H3,(H,20,22)(H,21,23)/b19-12+. The molecule has 6 nitrogen and oxygen atoms in total. The number of ether oxygens (including phenoxy) is 1. The van der Waals surface area contributed by atoms with Gasteiger partial charge in [0, 0.05) is 5.69 Å². The summed E-state index contributed by atoms with van der Waals surface area (Å²) < 4.78 is 5.09. The van der Waals surface area contributed by atoms with Gasteiger partial charge in [-0.05, 0) is 41.8 Å². The lowest BCUT2D eigenvalue weighted by Crippen LogP contribution is -2.32. The van der Waals surface area contributed by atoms with Crippen LogP contribution in [0.5, 0.6) is 5.75 Å². The molecular formula is C18H19N3O3. The summed E-state index contributed by atoms with van der Waals surface area (Å²) in [5, 5.41) is 6.28. The second-order valence-corrected chi connectivity index (χ2v) is 4.98. The van der Waals surface area contributed by atoms with Crippen molar-refractivity contribution in [3.63, 3.8) is 0 Å². The molecule has 0 bridgehead atoms. The summed E-state index contributed by atoms with van der Waals surface area (Å²) in [6.45, 7) is 2.04. The topological polar surface area (TPSA) is 79.8 Å². The fourth-order valence-electron chi connectivity index (χ4n) is 1.95. The van der Waals surface area contributed by atoms with Gasteiger partial charge >= 0.3 is 11.8 Å². The molecule has 2 amide bonds. The molecule has 0 spiro atoms. The van der Waals surface area contributed by atoms with Gasteiger partial charge < -0.3 is 10.1 Å². The minimum absolute atomic E-state index is 0.559. The normalized spacial score (nSPS) is 10.4. The van der Waals surface area contributed by atoms with Gasteiger partial charge in [-0.3, -0.25) is 9.59 Å². The molecular weight excluding hydrogens is 306 g/mol. The summed E-state index contributed by atoms with van der Waals surface area (Å²) in [6.07, 6.45) is 2.34. The van der Waals surface area contributed by atoms with Gasteiger partial charge in [-0.2, -0.15) is 5.10 Å². The molecule has 2 aromatic rings. The van der Waals surface area contributed by atoms with E-state index in [-0.39, 0.29) is 0 Å². The predicted molar refractivity (Wildman–Crippen MR) is 93.2 cm³/mol. The summed E-state index contributed by atoms with van der Waals surface area (Å²) in [4.78, 5) is 23.5. The van der Waals surface area contributed by atoms with Gasteiger partial charge in [0.2, 0.25) is 0 Å². The van der Waals surface area contributed by atoms with Crippen molar-refractivity contribution in [3.05, 3.63) is 59.7 Å². The van der Waals surface area contributed by atoms with E-state index in [9.17, 15) is 9.59 Å². The minimum atomic E-state index is -0.839. The van der Waals surface area contributed by atoms with Crippen LogP contribution in [0.2, 0.25) is 0 Å². The van der Waals surface area contributed by atoms with Crippen molar-refractivity contribution in [2.24, 2.45) is 5.10 Å². The van der Waals surface area contributed by atoms with Gasteiger partial charge in [0.25, 0.3) is 0 Å². The average molecular weight is 325 g/mol. The number of hydrogen-bond acceptors (Lipinski definition) is 4. The molecule has 0 atom stereocenters. The fraction of sp³-hybridized carbons (Fsp3) is 0.167. The minimum Gasteiger partial charge on any atom is -0.497 e. The molecule has 0 aliphatic rings. The summed E-state index contributed by atoms with van der Waals surface area (Å²) in [5.41, 5.74) is 4.64. The molecule has 0 radical (unpaired) electrons. The van der Waals surface area contributed by atoms with Gasteiger partial charge in [0.15, 0.2) is 0 Å². The third kappa shape index (κ3) is 4.95. The monoisotopic (exact) mass is 325 g/mol. The van der Waals surface area contributed by atoms with Crippen LogP contribution >= 0.6 is 0 Å². The van der Waals surface area contributed by atoms with Crippen LogP contribution in [0.4, 0.5) is 5.69 Å². The summed E-state index contributed by atoms with van der Waals surface area (Å²) in [6, 6.07) is 14.5. The number of hydrazone groups is 1. The zero-order valence-corrected chi connectivity index (χ0v) is 13.6. The van der Waals surface area contributed by atoms with E-state index < -0.39 is 11.8 Å². The molecule has 2 rings (SSSR count). The Kier molecular flexibility index (Phi) is 6.08. The lowest BCUT2D eigenvalue weighted by molar-refractivity contribution is -0.136. The molecule has 6 heteroatoms. The maximum atomic E-state index is 11.8. The summed E-state index contributed by atoms with van der Waals surface area (Å²) >= 11 is 0. The van der Waals surface area contributed by atoms with Crippen molar-refractivity contribution in [3.8, 4) is 5.75 Å². The predicted octanol–water partition coefficient (Wildman–Crippen LogP) is 2.35. The zero-order chi connectivity index (χ0) is 17.4. The van der Waals surface area contributed by atoms with E-state index in [1.165, 1.54) is 6.21 Å². The molecule has 0 saturated heterocycles. The number of carbonyl (C=O) groups excluding carboxylic acids is 2. The van der Waals surface area contributed by atoms with E-state index >= 15 is 0 Å².